The highest BCUT2D eigenvalue weighted by Crippen LogP contribution is 2.28. The SMILES string of the molecule is c1ccc(C(OCCC2CCN(Cc3cccc4cccnc34)CC2)c2ccccc2)cc1. The number of hydrogen-bond donors (Lipinski definition) is 0. The number of hydrogen-bond acceptors (Lipinski definition) is 3. The van der Waals surface area contributed by atoms with Crippen LogP contribution in [0.5, 0.6) is 0 Å². The maximum absolute atomic E-state index is 6.47. The molecule has 0 radical (unpaired) electrons. The number of likely N-dealkylation sites (tertiary alicyclic amines) is 1. The standard InChI is InChI=1S/C30H32N2O/c1-3-9-26(10-4-1)30(27-11-5-2-6-12-27)33-22-18-24-16-20-32(21-17-24)23-28-14-7-13-25-15-8-19-31-29(25)28/h1-15,19,24,30H,16-18,20-23H2. The first-order valence-corrected chi connectivity index (χ1v) is 12.1. The number of fused-ring (bicyclic) bond motifs is 1. The van der Waals surface area contributed by atoms with Gasteiger partial charge in [0.2, 0.25) is 0 Å². The van der Waals surface area contributed by atoms with Crippen molar-refractivity contribution in [3.05, 3.63) is 114 Å². The molecule has 0 bridgehead atoms. The molecule has 3 heteroatoms. The summed E-state index contributed by atoms with van der Waals surface area (Å²) in [7, 11) is 0. The molecule has 5 rings (SSSR count). The molecule has 1 aliphatic heterocycles. The van der Waals surface area contributed by atoms with Crippen molar-refractivity contribution in [2.24, 2.45) is 5.92 Å². The van der Waals surface area contributed by atoms with Crippen LogP contribution in [0.15, 0.2) is 97.2 Å². The number of rotatable bonds is 8. The molecule has 1 saturated heterocycles. The lowest BCUT2D eigenvalue weighted by molar-refractivity contribution is 0.0596. The Morgan fingerprint density at radius 1 is 0.788 bits per heavy atom. The van der Waals surface area contributed by atoms with Crippen molar-refractivity contribution in [1.82, 2.24) is 9.88 Å². The van der Waals surface area contributed by atoms with Gasteiger partial charge in [-0.1, -0.05) is 84.9 Å². The van der Waals surface area contributed by atoms with Crippen LogP contribution in [0.25, 0.3) is 10.9 Å². The Hall–Kier alpha value is -3.01. The first-order chi connectivity index (χ1) is 16.4. The van der Waals surface area contributed by atoms with E-state index in [2.05, 4.69) is 94.8 Å². The quantitative estimate of drug-likeness (QED) is 0.309. The van der Waals surface area contributed by atoms with Crippen molar-refractivity contribution in [3.8, 4) is 0 Å². The van der Waals surface area contributed by atoms with Crippen LogP contribution in [0.2, 0.25) is 0 Å². The summed E-state index contributed by atoms with van der Waals surface area (Å²) in [6.45, 7) is 4.08. The molecule has 1 fully saturated rings. The lowest BCUT2D eigenvalue weighted by Gasteiger charge is -2.32. The molecule has 0 N–H and O–H groups in total. The van der Waals surface area contributed by atoms with Crippen LogP contribution in [-0.4, -0.2) is 29.6 Å². The van der Waals surface area contributed by atoms with Crippen molar-refractivity contribution in [2.75, 3.05) is 19.7 Å². The van der Waals surface area contributed by atoms with Crippen LogP contribution in [0.1, 0.15) is 42.1 Å². The van der Waals surface area contributed by atoms with E-state index < -0.39 is 0 Å². The maximum atomic E-state index is 6.47. The van der Waals surface area contributed by atoms with Crippen LogP contribution in [0.4, 0.5) is 0 Å². The summed E-state index contributed by atoms with van der Waals surface area (Å²) >= 11 is 0. The molecule has 4 aromatic rings. The number of aromatic nitrogens is 1. The zero-order valence-corrected chi connectivity index (χ0v) is 19.1. The van der Waals surface area contributed by atoms with Gasteiger partial charge in [-0.3, -0.25) is 9.88 Å². The predicted molar refractivity (Wildman–Crippen MR) is 135 cm³/mol. The zero-order valence-electron chi connectivity index (χ0n) is 19.1. The first kappa shape index (κ1) is 21.8. The summed E-state index contributed by atoms with van der Waals surface area (Å²) in [5, 5.41) is 1.23. The van der Waals surface area contributed by atoms with E-state index in [4.69, 9.17) is 4.74 Å². The molecule has 0 amide bonds. The third-order valence-electron chi connectivity index (χ3n) is 6.83. The number of pyridine rings is 1. The van der Waals surface area contributed by atoms with E-state index in [-0.39, 0.29) is 6.10 Å². The van der Waals surface area contributed by atoms with E-state index in [9.17, 15) is 0 Å². The average molecular weight is 437 g/mol. The number of benzene rings is 3. The minimum Gasteiger partial charge on any atom is -0.369 e. The maximum Gasteiger partial charge on any atom is 0.108 e. The molecule has 0 saturated carbocycles. The first-order valence-electron chi connectivity index (χ1n) is 12.1. The van der Waals surface area contributed by atoms with E-state index in [1.54, 1.807) is 0 Å². The summed E-state index contributed by atoms with van der Waals surface area (Å²) in [6, 6.07) is 31.8. The normalized spacial score (nSPS) is 15.3. The molecule has 168 valence electrons. The number of ether oxygens (including phenoxy) is 1. The minimum atomic E-state index is 0.00588. The smallest absolute Gasteiger partial charge is 0.108 e. The summed E-state index contributed by atoms with van der Waals surface area (Å²) in [4.78, 5) is 7.21. The minimum absolute atomic E-state index is 0.00588. The van der Waals surface area contributed by atoms with Crippen LogP contribution in [0.3, 0.4) is 0 Å². The number of piperidine rings is 1. The van der Waals surface area contributed by atoms with Gasteiger partial charge in [0.25, 0.3) is 0 Å². The Morgan fingerprint density at radius 2 is 1.45 bits per heavy atom. The van der Waals surface area contributed by atoms with Gasteiger partial charge in [-0.15, -0.1) is 0 Å². The largest absolute Gasteiger partial charge is 0.369 e. The molecule has 1 aromatic heterocycles. The van der Waals surface area contributed by atoms with E-state index in [0.29, 0.717) is 0 Å². The number of nitrogens with zero attached hydrogens (tertiary/aromatic N) is 2. The van der Waals surface area contributed by atoms with Gasteiger partial charge in [-0.2, -0.15) is 0 Å². The molecule has 33 heavy (non-hydrogen) atoms. The summed E-state index contributed by atoms with van der Waals surface area (Å²) < 4.78 is 6.47. The van der Waals surface area contributed by atoms with Crippen molar-refractivity contribution in [1.29, 1.82) is 0 Å². The molecule has 0 spiro atoms. The molecule has 3 aromatic carbocycles. The van der Waals surface area contributed by atoms with Crippen LogP contribution in [-0.2, 0) is 11.3 Å². The van der Waals surface area contributed by atoms with Crippen molar-refractivity contribution < 1.29 is 4.74 Å². The topological polar surface area (TPSA) is 25.4 Å². The summed E-state index contributed by atoms with van der Waals surface area (Å²) in [6.07, 6.45) is 5.51. The molecule has 0 atom stereocenters. The second-order valence-corrected chi connectivity index (χ2v) is 9.07. The number of para-hydroxylation sites is 1. The van der Waals surface area contributed by atoms with Gasteiger partial charge < -0.3 is 4.74 Å². The zero-order chi connectivity index (χ0) is 22.3. The van der Waals surface area contributed by atoms with Crippen molar-refractivity contribution in [2.45, 2.75) is 31.9 Å². The van der Waals surface area contributed by atoms with E-state index in [0.717, 1.165) is 44.1 Å². The Kier molecular flexibility index (Phi) is 7.10. The predicted octanol–water partition coefficient (Wildman–Crippen LogP) is 6.64. The van der Waals surface area contributed by atoms with Gasteiger partial charge in [0.15, 0.2) is 0 Å². The Morgan fingerprint density at radius 3 is 2.15 bits per heavy atom. The molecule has 3 nitrogen and oxygen atoms in total. The van der Waals surface area contributed by atoms with Gasteiger partial charge in [0, 0.05) is 24.7 Å². The summed E-state index contributed by atoms with van der Waals surface area (Å²) in [5.74, 6) is 0.735. The Balaban J connectivity index is 1.14. The highest BCUT2D eigenvalue weighted by Gasteiger charge is 2.21. The van der Waals surface area contributed by atoms with Crippen LogP contribution < -0.4 is 0 Å². The van der Waals surface area contributed by atoms with Crippen LogP contribution in [0, 0.1) is 5.92 Å². The third-order valence-corrected chi connectivity index (χ3v) is 6.83. The fraction of sp³-hybridized carbons (Fsp3) is 0.300. The second-order valence-electron chi connectivity index (χ2n) is 9.07. The van der Waals surface area contributed by atoms with Gasteiger partial charge in [-0.25, -0.2) is 0 Å². The average Bonchev–Trinajstić information content (AvgIpc) is 2.89. The lowest BCUT2D eigenvalue weighted by atomic mass is 9.93. The highest BCUT2D eigenvalue weighted by atomic mass is 16.5. The fourth-order valence-electron chi connectivity index (χ4n) is 4.96. The van der Waals surface area contributed by atoms with Crippen molar-refractivity contribution in [3.63, 3.8) is 0 Å². The van der Waals surface area contributed by atoms with Gasteiger partial charge in [0.05, 0.1) is 5.52 Å². The fourth-order valence-corrected chi connectivity index (χ4v) is 4.96. The van der Waals surface area contributed by atoms with E-state index in [1.807, 2.05) is 12.3 Å². The van der Waals surface area contributed by atoms with Gasteiger partial charge >= 0.3 is 0 Å². The monoisotopic (exact) mass is 436 g/mol. The molecule has 2 heterocycles. The van der Waals surface area contributed by atoms with E-state index >= 15 is 0 Å². The van der Waals surface area contributed by atoms with Gasteiger partial charge in [0.1, 0.15) is 6.10 Å². The Bertz CT molecular complexity index is 1090. The highest BCUT2D eigenvalue weighted by molar-refractivity contribution is 5.81. The Labute approximate surface area is 197 Å². The summed E-state index contributed by atoms with van der Waals surface area (Å²) in [5.41, 5.74) is 4.93. The third kappa shape index (κ3) is 5.50. The molecule has 1 aliphatic rings. The second kappa shape index (κ2) is 10.7. The molecule has 0 aliphatic carbocycles. The lowest BCUT2D eigenvalue weighted by Crippen LogP contribution is -2.33. The molecular weight excluding hydrogens is 404 g/mol. The van der Waals surface area contributed by atoms with Gasteiger partial charge in [-0.05, 0) is 61.0 Å². The van der Waals surface area contributed by atoms with Crippen molar-refractivity contribution >= 4 is 10.9 Å². The molecular formula is C30H32N2O. The van der Waals surface area contributed by atoms with E-state index in [1.165, 1.54) is 34.9 Å². The molecule has 0 unspecified atom stereocenters. The van der Waals surface area contributed by atoms with Crippen LogP contribution >= 0.6 is 0 Å².